The molecule has 0 bridgehead atoms. The van der Waals surface area contributed by atoms with Crippen molar-refractivity contribution in [1.82, 2.24) is 15.0 Å². The summed E-state index contributed by atoms with van der Waals surface area (Å²) >= 11 is 0. The second-order valence-electron chi connectivity index (χ2n) is 4.78. The van der Waals surface area contributed by atoms with Crippen LogP contribution in [0.4, 0.5) is 11.9 Å². The van der Waals surface area contributed by atoms with Gasteiger partial charge < -0.3 is 15.4 Å². The monoisotopic (exact) mass is 247 g/mol. The molecule has 0 saturated heterocycles. The number of hydrogen-bond donors (Lipinski definition) is 2. The lowest BCUT2D eigenvalue weighted by Crippen LogP contribution is -2.30. The van der Waals surface area contributed by atoms with Crippen LogP contribution >= 0.6 is 0 Å². The van der Waals surface area contributed by atoms with Gasteiger partial charge >= 0.3 is 6.01 Å². The van der Waals surface area contributed by atoms with Crippen LogP contribution in [-0.4, -0.2) is 33.6 Å². The zero-order chi connectivity index (χ0) is 13.2. The first kappa shape index (κ1) is 12.4. The fourth-order valence-corrected chi connectivity index (χ4v) is 1.29. The van der Waals surface area contributed by atoms with E-state index in [1.54, 1.807) is 0 Å². The van der Waals surface area contributed by atoms with Crippen LogP contribution in [0.2, 0.25) is 0 Å². The van der Waals surface area contributed by atoms with Gasteiger partial charge in [0.1, 0.15) is 0 Å². The fourth-order valence-electron chi connectivity index (χ4n) is 1.29. The molecule has 2 rings (SSSR count). The molecular weight excluding hydrogens is 230 g/mol. The third kappa shape index (κ3) is 3.23. The smallest absolute Gasteiger partial charge is 0.322 e. The summed E-state index contributed by atoms with van der Waals surface area (Å²) in [6.45, 7) is 3.74. The molecule has 1 aliphatic rings. The Morgan fingerprint density at radius 1 is 1.28 bits per heavy atom. The number of methoxy groups -OCH3 is 1. The van der Waals surface area contributed by atoms with Gasteiger partial charge in [0.15, 0.2) is 0 Å². The number of anilines is 2. The summed E-state index contributed by atoms with van der Waals surface area (Å²) in [7, 11) is 1.52. The second-order valence-corrected chi connectivity index (χ2v) is 4.78. The van der Waals surface area contributed by atoms with Gasteiger partial charge in [-0.25, -0.2) is 0 Å². The average Bonchev–Trinajstić information content (AvgIpc) is 3.12. The maximum atomic E-state index is 5.42. The topological polar surface area (TPSA) is 72.0 Å². The van der Waals surface area contributed by atoms with Crippen LogP contribution in [0.5, 0.6) is 6.01 Å². The van der Waals surface area contributed by atoms with Crippen molar-refractivity contribution >= 4 is 11.9 Å². The summed E-state index contributed by atoms with van der Waals surface area (Å²) in [5.74, 6) is 3.55. The van der Waals surface area contributed by atoms with Crippen LogP contribution in [0.25, 0.3) is 0 Å². The van der Waals surface area contributed by atoms with Crippen LogP contribution in [0, 0.1) is 12.3 Å². The number of aromatic nitrogens is 3. The number of ether oxygens (including phenoxy) is 1. The highest BCUT2D eigenvalue weighted by atomic mass is 16.5. The highest BCUT2D eigenvalue weighted by molar-refractivity contribution is 5.41. The molecular formula is C12H17N5O. The average molecular weight is 247 g/mol. The van der Waals surface area contributed by atoms with E-state index in [2.05, 4.69) is 31.5 Å². The van der Waals surface area contributed by atoms with Gasteiger partial charge in [-0.1, -0.05) is 5.92 Å². The zero-order valence-electron chi connectivity index (χ0n) is 10.8. The van der Waals surface area contributed by atoms with Crippen molar-refractivity contribution in [2.75, 3.05) is 17.7 Å². The summed E-state index contributed by atoms with van der Waals surface area (Å²) in [6.07, 6.45) is 7.71. The van der Waals surface area contributed by atoms with Crippen LogP contribution < -0.4 is 15.4 Å². The summed E-state index contributed by atoms with van der Waals surface area (Å²) in [6, 6.07) is 0.731. The quantitative estimate of drug-likeness (QED) is 0.764. The molecule has 0 radical (unpaired) electrons. The van der Waals surface area contributed by atoms with E-state index in [1.165, 1.54) is 7.11 Å². The summed E-state index contributed by atoms with van der Waals surface area (Å²) < 4.78 is 5.05. The van der Waals surface area contributed by atoms with Crippen molar-refractivity contribution in [2.24, 2.45) is 0 Å². The summed E-state index contributed by atoms with van der Waals surface area (Å²) in [5, 5.41) is 6.26. The van der Waals surface area contributed by atoms with Gasteiger partial charge in [-0.15, -0.1) is 6.42 Å². The van der Waals surface area contributed by atoms with Gasteiger partial charge in [0.05, 0.1) is 12.6 Å². The molecule has 1 heterocycles. The molecule has 0 spiro atoms. The molecule has 1 aromatic rings. The minimum Gasteiger partial charge on any atom is -0.467 e. The molecule has 6 nitrogen and oxygen atoms in total. The first-order valence-corrected chi connectivity index (χ1v) is 5.85. The molecule has 1 aromatic heterocycles. The lowest BCUT2D eigenvalue weighted by atomic mass is 10.1. The Kier molecular flexibility index (Phi) is 3.24. The van der Waals surface area contributed by atoms with E-state index in [0.29, 0.717) is 17.9 Å². The number of nitrogens with one attached hydrogen (secondary N) is 2. The third-order valence-electron chi connectivity index (χ3n) is 2.49. The maximum Gasteiger partial charge on any atom is 0.322 e. The van der Waals surface area contributed by atoms with E-state index in [0.717, 1.165) is 12.8 Å². The van der Waals surface area contributed by atoms with Gasteiger partial charge in [-0.2, -0.15) is 15.0 Å². The molecule has 0 atom stereocenters. The Morgan fingerprint density at radius 3 is 2.50 bits per heavy atom. The zero-order valence-corrected chi connectivity index (χ0v) is 10.8. The molecule has 0 aliphatic heterocycles. The molecule has 6 heteroatoms. The van der Waals surface area contributed by atoms with Crippen molar-refractivity contribution in [1.29, 1.82) is 0 Å². The lowest BCUT2D eigenvalue weighted by molar-refractivity contribution is 0.379. The summed E-state index contributed by atoms with van der Waals surface area (Å²) in [4.78, 5) is 12.5. The molecule has 18 heavy (non-hydrogen) atoms. The Balaban J connectivity index is 2.20. The highest BCUT2D eigenvalue weighted by Crippen LogP contribution is 2.24. The molecule has 2 N–H and O–H groups in total. The predicted molar refractivity (Wildman–Crippen MR) is 69.6 cm³/mol. The predicted octanol–water partition coefficient (Wildman–Crippen LogP) is 1.28. The molecule has 1 fully saturated rings. The molecule has 1 aliphatic carbocycles. The van der Waals surface area contributed by atoms with E-state index in [1.807, 2.05) is 13.8 Å². The Bertz CT molecular complexity index is 476. The van der Waals surface area contributed by atoms with E-state index in [-0.39, 0.29) is 6.01 Å². The third-order valence-corrected chi connectivity index (χ3v) is 2.49. The first-order valence-electron chi connectivity index (χ1n) is 5.85. The van der Waals surface area contributed by atoms with Crippen molar-refractivity contribution in [3.05, 3.63) is 0 Å². The van der Waals surface area contributed by atoms with Gasteiger partial charge in [0.25, 0.3) is 0 Å². The van der Waals surface area contributed by atoms with Crippen molar-refractivity contribution in [3.8, 4) is 18.4 Å². The SMILES string of the molecule is C#CC(C)(C)Nc1nc(NC2CC2)nc(OC)n1. The van der Waals surface area contributed by atoms with Crippen molar-refractivity contribution < 1.29 is 4.74 Å². The van der Waals surface area contributed by atoms with Crippen LogP contribution in [-0.2, 0) is 0 Å². The van der Waals surface area contributed by atoms with Gasteiger partial charge in [0.2, 0.25) is 11.9 Å². The Hall–Kier alpha value is -2.03. The van der Waals surface area contributed by atoms with E-state index in [4.69, 9.17) is 11.2 Å². The number of rotatable bonds is 5. The summed E-state index contributed by atoms with van der Waals surface area (Å²) in [5.41, 5.74) is -0.525. The van der Waals surface area contributed by atoms with Crippen molar-refractivity contribution in [2.45, 2.75) is 38.3 Å². The maximum absolute atomic E-state index is 5.42. The normalized spacial score (nSPS) is 14.8. The van der Waals surface area contributed by atoms with Gasteiger partial charge in [-0.05, 0) is 26.7 Å². The number of nitrogens with zero attached hydrogens (tertiary/aromatic N) is 3. The largest absolute Gasteiger partial charge is 0.467 e. The molecule has 0 aromatic carbocycles. The van der Waals surface area contributed by atoms with E-state index < -0.39 is 5.54 Å². The Morgan fingerprint density at radius 2 is 1.94 bits per heavy atom. The molecule has 0 unspecified atom stereocenters. The van der Waals surface area contributed by atoms with Crippen molar-refractivity contribution in [3.63, 3.8) is 0 Å². The lowest BCUT2D eigenvalue weighted by Gasteiger charge is -2.19. The molecule has 96 valence electrons. The number of hydrogen-bond acceptors (Lipinski definition) is 6. The highest BCUT2D eigenvalue weighted by Gasteiger charge is 2.23. The van der Waals surface area contributed by atoms with Crippen LogP contribution in [0.15, 0.2) is 0 Å². The first-order chi connectivity index (χ1) is 8.52. The van der Waals surface area contributed by atoms with E-state index >= 15 is 0 Å². The second kappa shape index (κ2) is 4.69. The number of terminal acetylenes is 1. The van der Waals surface area contributed by atoms with Crippen LogP contribution in [0.3, 0.4) is 0 Å². The minimum absolute atomic E-state index is 0.267. The molecule has 0 amide bonds. The van der Waals surface area contributed by atoms with Gasteiger partial charge in [0, 0.05) is 6.04 Å². The fraction of sp³-hybridized carbons (Fsp3) is 0.583. The van der Waals surface area contributed by atoms with Gasteiger partial charge in [-0.3, -0.25) is 0 Å². The van der Waals surface area contributed by atoms with E-state index in [9.17, 15) is 0 Å². The standard InChI is InChI=1S/C12H17N5O/c1-5-12(2,3)17-10-14-9(13-8-6-7-8)15-11(16-10)18-4/h1,8H,6-7H2,2-4H3,(H2,13,14,15,16,17). The minimum atomic E-state index is -0.525. The molecule has 1 saturated carbocycles. The van der Waals surface area contributed by atoms with Crippen LogP contribution in [0.1, 0.15) is 26.7 Å². The Labute approximate surface area is 107 Å².